The van der Waals surface area contributed by atoms with Crippen LogP contribution in [0.1, 0.15) is 52.4 Å². The molecule has 4 nitrogen and oxygen atoms in total. The molecule has 2 aromatic rings. The molecule has 1 N–H and O–H groups in total. The lowest BCUT2D eigenvalue weighted by molar-refractivity contribution is 0.0946. The molecule has 0 aliphatic rings. The third-order valence-electron chi connectivity index (χ3n) is 4.29. The largest absolute Gasteiger partial charge is 0.496 e. The molecule has 0 spiro atoms. The summed E-state index contributed by atoms with van der Waals surface area (Å²) in [6, 6.07) is 9.96. The van der Waals surface area contributed by atoms with E-state index < -0.39 is 0 Å². The van der Waals surface area contributed by atoms with Crippen molar-refractivity contribution in [2.24, 2.45) is 0 Å². The lowest BCUT2D eigenvalue weighted by Crippen LogP contribution is -2.28. The van der Waals surface area contributed by atoms with Crippen LogP contribution in [0.5, 0.6) is 11.5 Å². The Balaban J connectivity index is 1.98. The van der Waals surface area contributed by atoms with Gasteiger partial charge in [0.1, 0.15) is 18.1 Å². The van der Waals surface area contributed by atoms with E-state index in [2.05, 4.69) is 25.2 Å². The molecule has 26 heavy (non-hydrogen) atoms. The van der Waals surface area contributed by atoms with Gasteiger partial charge in [0.05, 0.1) is 13.7 Å². The number of amides is 1. The number of methoxy groups -OCH3 is 1. The second-order valence-electron chi connectivity index (χ2n) is 6.99. The van der Waals surface area contributed by atoms with Crippen LogP contribution in [-0.4, -0.2) is 26.2 Å². The molecule has 0 heterocycles. The van der Waals surface area contributed by atoms with E-state index in [0.29, 0.717) is 18.7 Å². The summed E-state index contributed by atoms with van der Waals surface area (Å²) in [6.07, 6.45) is 0. The normalized spacial score (nSPS) is 10.7. The van der Waals surface area contributed by atoms with Crippen molar-refractivity contribution in [3.05, 3.63) is 58.1 Å². The van der Waals surface area contributed by atoms with Gasteiger partial charge in [-0.05, 0) is 73.2 Å². The van der Waals surface area contributed by atoms with E-state index in [-0.39, 0.29) is 11.8 Å². The zero-order valence-electron chi connectivity index (χ0n) is 16.6. The van der Waals surface area contributed by atoms with Crippen LogP contribution in [0.25, 0.3) is 0 Å². The molecular weight excluding hydrogens is 326 g/mol. The standard InChI is InChI=1S/C22H29NO3/c1-14(2)19-13-20(17(5)12-21(19)25-6)22(24)23-7-8-26-18-10-15(3)9-16(4)11-18/h9-14H,7-8H2,1-6H3,(H,23,24). The Morgan fingerprint density at radius 3 is 2.27 bits per heavy atom. The maximum absolute atomic E-state index is 12.6. The summed E-state index contributed by atoms with van der Waals surface area (Å²) in [7, 11) is 1.66. The Hall–Kier alpha value is -2.49. The fourth-order valence-electron chi connectivity index (χ4n) is 3.02. The molecule has 0 atom stereocenters. The van der Waals surface area contributed by atoms with Crippen molar-refractivity contribution in [2.75, 3.05) is 20.3 Å². The molecule has 2 aromatic carbocycles. The maximum atomic E-state index is 12.6. The first-order valence-corrected chi connectivity index (χ1v) is 8.99. The summed E-state index contributed by atoms with van der Waals surface area (Å²) in [6.45, 7) is 11.1. The lowest BCUT2D eigenvalue weighted by atomic mass is 9.96. The van der Waals surface area contributed by atoms with Gasteiger partial charge in [-0.3, -0.25) is 4.79 Å². The summed E-state index contributed by atoms with van der Waals surface area (Å²) in [5.41, 5.74) is 4.95. The molecule has 2 rings (SSSR count). The third kappa shape index (κ3) is 5.01. The van der Waals surface area contributed by atoms with Gasteiger partial charge in [-0.1, -0.05) is 19.9 Å². The van der Waals surface area contributed by atoms with Gasteiger partial charge in [0, 0.05) is 5.56 Å². The predicted molar refractivity (Wildman–Crippen MR) is 106 cm³/mol. The van der Waals surface area contributed by atoms with Gasteiger partial charge in [-0.25, -0.2) is 0 Å². The number of nitrogens with one attached hydrogen (secondary N) is 1. The molecule has 0 saturated carbocycles. The van der Waals surface area contributed by atoms with Crippen LogP contribution >= 0.6 is 0 Å². The minimum absolute atomic E-state index is 0.0870. The first-order chi connectivity index (χ1) is 12.3. The van der Waals surface area contributed by atoms with E-state index >= 15 is 0 Å². The number of ether oxygens (including phenoxy) is 2. The van der Waals surface area contributed by atoms with Crippen molar-refractivity contribution in [3.63, 3.8) is 0 Å². The minimum atomic E-state index is -0.0870. The van der Waals surface area contributed by atoms with Crippen molar-refractivity contribution in [2.45, 2.75) is 40.5 Å². The summed E-state index contributed by atoms with van der Waals surface area (Å²) >= 11 is 0. The van der Waals surface area contributed by atoms with Crippen molar-refractivity contribution in [1.29, 1.82) is 0 Å². The molecule has 0 aliphatic heterocycles. The van der Waals surface area contributed by atoms with E-state index in [4.69, 9.17) is 9.47 Å². The number of hydrogen-bond donors (Lipinski definition) is 1. The van der Waals surface area contributed by atoms with Crippen LogP contribution in [0.3, 0.4) is 0 Å². The highest BCUT2D eigenvalue weighted by atomic mass is 16.5. The van der Waals surface area contributed by atoms with Gasteiger partial charge in [0.15, 0.2) is 0 Å². The van der Waals surface area contributed by atoms with E-state index in [0.717, 1.165) is 22.6 Å². The zero-order chi connectivity index (χ0) is 19.3. The Morgan fingerprint density at radius 1 is 1.04 bits per heavy atom. The maximum Gasteiger partial charge on any atom is 0.251 e. The Bertz CT molecular complexity index is 761. The molecular formula is C22H29NO3. The van der Waals surface area contributed by atoms with Gasteiger partial charge in [-0.15, -0.1) is 0 Å². The Kier molecular flexibility index (Phi) is 6.67. The molecule has 1 amide bonds. The number of rotatable bonds is 7. The van der Waals surface area contributed by atoms with Crippen LogP contribution in [-0.2, 0) is 0 Å². The van der Waals surface area contributed by atoms with Gasteiger partial charge >= 0.3 is 0 Å². The van der Waals surface area contributed by atoms with Crippen molar-refractivity contribution >= 4 is 5.91 Å². The lowest BCUT2D eigenvalue weighted by Gasteiger charge is -2.16. The van der Waals surface area contributed by atoms with Crippen LogP contribution in [0.4, 0.5) is 0 Å². The van der Waals surface area contributed by atoms with E-state index in [1.165, 1.54) is 11.1 Å². The van der Waals surface area contributed by atoms with Crippen molar-refractivity contribution in [3.8, 4) is 11.5 Å². The highest BCUT2D eigenvalue weighted by molar-refractivity contribution is 5.96. The highest BCUT2D eigenvalue weighted by Gasteiger charge is 2.15. The summed E-state index contributed by atoms with van der Waals surface area (Å²) in [5.74, 6) is 1.85. The highest BCUT2D eigenvalue weighted by Crippen LogP contribution is 2.29. The number of aryl methyl sites for hydroxylation is 3. The number of hydrogen-bond acceptors (Lipinski definition) is 3. The van der Waals surface area contributed by atoms with E-state index in [9.17, 15) is 4.79 Å². The minimum Gasteiger partial charge on any atom is -0.496 e. The van der Waals surface area contributed by atoms with Crippen LogP contribution in [0.2, 0.25) is 0 Å². The monoisotopic (exact) mass is 355 g/mol. The first-order valence-electron chi connectivity index (χ1n) is 8.99. The predicted octanol–water partition coefficient (Wildman–Crippen LogP) is 4.55. The zero-order valence-corrected chi connectivity index (χ0v) is 16.6. The molecule has 4 heteroatoms. The third-order valence-corrected chi connectivity index (χ3v) is 4.29. The van der Waals surface area contributed by atoms with Gasteiger partial charge < -0.3 is 14.8 Å². The number of benzene rings is 2. The average molecular weight is 355 g/mol. The SMILES string of the molecule is COc1cc(C)c(C(=O)NCCOc2cc(C)cc(C)c2)cc1C(C)C. The van der Waals surface area contributed by atoms with Gasteiger partial charge in [0.2, 0.25) is 0 Å². The number of carbonyl (C=O) groups excluding carboxylic acids is 1. The quantitative estimate of drug-likeness (QED) is 0.741. The van der Waals surface area contributed by atoms with Crippen molar-refractivity contribution in [1.82, 2.24) is 5.32 Å². The summed E-state index contributed by atoms with van der Waals surface area (Å²) < 4.78 is 11.2. The van der Waals surface area contributed by atoms with Gasteiger partial charge in [-0.2, -0.15) is 0 Å². The second kappa shape index (κ2) is 8.75. The fourth-order valence-corrected chi connectivity index (χ4v) is 3.02. The molecule has 0 saturated heterocycles. The smallest absolute Gasteiger partial charge is 0.251 e. The van der Waals surface area contributed by atoms with E-state index in [1.54, 1.807) is 7.11 Å². The Morgan fingerprint density at radius 2 is 1.69 bits per heavy atom. The molecule has 0 unspecified atom stereocenters. The summed E-state index contributed by atoms with van der Waals surface area (Å²) in [4.78, 5) is 12.6. The van der Waals surface area contributed by atoms with Crippen molar-refractivity contribution < 1.29 is 14.3 Å². The molecule has 0 aromatic heterocycles. The fraction of sp³-hybridized carbons (Fsp3) is 0.409. The van der Waals surface area contributed by atoms with Gasteiger partial charge in [0.25, 0.3) is 5.91 Å². The molecule has 0 aliphatic carbocycles. The average Bonchev–Trinajstić information content (AvgIpc) is 2.57. The molecule has 0 bridgehead atoms. The summed E-state index contributed by atoms with van der Waals surface area (Å²) in [5, 5.41) is 2.94. The molecule has 0 fully saturated rings. The first kappa shape index (κ1) is 19.8. The molecule has 140 valence electrons. The van der Waals surface area contributed by atoms with Crippen LogP contribution in [0.15, 0.2) is 30.3 Å². The van der Waals surface area contributed by atoms with E-state index in [1.807, 2.05) is 45.0 Å². The molecule has 0 radical (unpaired) electrons. The van der Waals surface area contributed by atoms with Crippen LogP contribution in [0, 0.1) is 20.8 Å². The second-order valence-corrected chi connectivity index (χ2v) is 6.99. The van der Waals surface area contributed by atoms with Crippen LogP contribution < -0.4 is 14.8 Å². The topological polar surface area (TPSA) is 47.6 Å². The number of carbonyl (C=O) groups is 1. The Labute approximate surface area is 156 Å².